The molecule has 0 aromatic carbocycles. The van der Waals surface area contributed by atoms with Gasteiger partial charge in [-0.2, -0.15) is 0 Å². The topological polar surface area (TPSA) is 169 Å². The standard InChI is InChI=1S/C38H73NO9/c1-3-5-7-9-11-13-15-17-18-20-22-24-26-31(41)30(29-47-38-36(45)35(44)34(43)33(28-40)48-38)39-37(46)32(42)27-25-23-21-19-16-14-12-10-8-6-4-2/h24,26,30-36,38,40-45H,3-23,25,27-29H2,1-2H3,(H,39,46)/b26-24+. The van der Waals surface area contributed by atoms with Crippen LogP contribution in [0.1, 0.15) is 162 Å². The number of hydrogen-bond donors (Lipinski definition) is 7. The van der Waals surface area contributed by atoms with Gasteiger partial charge in [-0.3, -0.25) is 4.79 Å². The van der Waals surface area contributed by atoms with Gasteiger partial charge >= 0.3 is 0 Å². The van der Waals surface area contributed by atoms with E-state index in [1.165, 1.54) is 96.3 Å². The molecule has 1 heterocycles. The van der Waals surface area contributed by atoms with Gasteiger partial charge in [0.25, 0.3) is 0 Å². The minimum atomic E-state index is -1.60. The Bertz CT molecular complexity index is 783. The summed E-state index contributed by atoms with van der Waals surface area (Å²) >= 11 is 0. The van der Waals surface area contributed by atoms with Gasteiger partial charge in [0.15, 0.2) is 6.29 Å². The molecule has 1 aliphatic heterocycles. The van der Waals surface area contributed by atoms with Crippen molar-refractivity contribution in [2.45, 2.75) is 210 Å². The van der Waals surface area contributed by atoms with Gasteiger partial charge in [0.2, 0.25) is 5.91 Å². The van der Waals surface area contributed by atoms with Crippen LogP contribution in [0.2, 0.25) is 0 Å². The SMILES string of the molecule is CCCCCCCCCCCC/C=C/C(O)C(COC1OC(CO)C(O)C(O)C1O)NC(=O)C(O)CCCCCCCCCCCCC. The average Bonchev–Trinajstić information content (AvgIpc) is 3.08. The third-order valence-corrected chi connectivity index (χ3v) is 9.47. The zero-order chi connectivity index (χ0) is 35.4. The van der Waals surface area contributed by atoms with Crippen LogP contribution in [0, 0.1) is 0 Å². The van der Waals surface area contributed by atoms with Gasteiger partial charge in [0.05, 0.1) is 25.4 Å². The van der Waals surface area contributed by atoms with Crippen molar-refractivity contribution in [3.63, 3.8) is 0 Å². The van der Waals surface area contributed by atoms with Crippen molar-refractivity contribution in [1.82, 2.24) is 5.32 Å². The number of aliphatic hydroxyl groups is 6. The smallest absolute Gasteiger partial charge is 0.249 e. The lowest BCUT2D eigenvalue weighted by Gasteiger charge is -2.40. The van der Waals surface area contributed by atoms with E-state index < -0.39 is 61.5 Å². The lowest BCUT2D eigenvalue weighted by molar-refractivity contribution is -0.302. The van der Waals surface area contributed by atoms with Crippen LogP contribution in [0.5, 0.6) is 0 Å². The third-order valence-electron chi connectivity index (χ3n) is 9.47. The Kier molecular flexibility index (Phi) is 27.7. The van der Waals surface area contributed by atoms with E-state index in [-0.39, 0.29) is 6.61 Å². The van der Waals surface area contributed by atoms with Crippen molar-refractivity contribution in [2.24, 2.45) is 0 Å². The Morgan fingerprint density at radius 1 is 0.708 bits per heavy atom. The van der Waals surface area contributed by atoms with Gasteiger partial charge < -0.3 is 45.4 Å². The molecular formula is C38H73NO9. The zero-order valence-electron chi connectivity index (χ0n) is 30.4. The lowest BCUT2D eigenvalue weighted by Crippen LogP contribution is -2.60. The molecule has 1 rings (SSSR count). The molecule has 7 N–H and O–H groups in total. The molecule has 1 aliphatic rings. The number of rotatable bonds is 31. The van der Waals surface area contributed by atoms with Crippen LogP contribution >= 0.6 is 0 Å². The summed E-state index contributed by atoms with van der Waals surface area (Å²) in [4.78, 5) is 12.9. The summed E-state index contributed by atoms with van der Waals surface area (Å²) in [6.45, 7) is 3.56. The highest BCUT2D eigenvalue weighted by molar-refractivity contribution is 5.80. The van der Waals surface area contributed by atoms with Crippen LogP contribution in [-0.2, 0) is 14.3 Å². The van der Waals surface area contributed by atoms with Crippen molar-refractivity contribution < 1.29 is 44.9 Å². The van der Waals surface area contributed by atoms with Gasteiger partial charge in [0.1, 0.15) is 30.5 Å². The first-order chi connectivity index (χ1) is 23.3. The van der Waals surface area contributed by atoms with Crippen LogP contribution in [0.3, 0.4) is 0 Å². The molecule has 0 aromatic heterocycles. The maximum atomic E-state index is 12.9. The van der Waals surface area contributed by atoms with E-state index in [0.29, 0.717) is 6.42 Å². The molecular weight excluding hydrogens is 614 g/mol. The van der Waals surface area contributed by atoms with Gasteiger partial charge in [-0.15, -0.1) is 0 Å². The Balaban J connectivity index is 2.53. The summed E-state index contributed by atoms with van der Waals surface area (Å²) in [5.74, 6) is -0.619. The van der Waals surface area contributed by atoms with Crippen LogP contribution in [0.25, 0.3) is 0 Å². The molecule has 8 unspecified atom stereocenters. The largest absolute Gasteiger partial charge is 0.394 e. The molecule has 0 aliphatic carbocycles. The normalized spacial score (nSPS) is 23.4. The third kappa shape index (κ3) is 20.5. The Morgan fingerprint density at radius 2 is 1.19 bits per heavy atom. The maximum Gasteiger partial charge on any atom is 0.249 e. The van der Waals surface area contributed by atoms with E-state index in [1.807, 2.05) is 6.08 Å². The fourth-order valence-electron chi connectivity index (χ4n) is 6.16. The Labute approximate surface area is 291 Å². The van der Waals surface area contributed by atoms with E-state index in [1.54, 1.807) is 6.08 Å². The summed E-state index contributed by atoms with van der Waals surface area (Å²) in [7, 11) is 0. The summed E-state index contributed by atoms with van der Waals surface area (Å²) in [6.07, 6.45) is 20.2. The van der Waals surface area contributed by atoms with Gasteiger partial charge in [-0.1, -0.05) is 154 Å². The molecule has 10 heteroatoms. The number of unbranched alkanes of at least 4 members (excludes halogenated alkanes) is 20. The first kappa shape index (κ1) is 44.9. The van der Waals surface area contributed by atoms with Crippen LogP contribution in [0.4, 0.5) is 0 Å². The van der Waals surface area contributed by atoms with E-state index in [4.69, 9.17) is 9.47 Å². The molecule has 284 valence electrons. The number of allylic oxidation sites excluding steroid dienone is 1. The molecule has 0 saturated carbocycles. The van der Waals surface area contributed by atoms with E-state index in [0.717, 1.165) is 44.9 Å². The number of carbonyl (C=O) groups is 1. The van der Waals surface area contributed by atoms with E-state index in [2.05, 4.69) is 19.2 Å². The number of aliphatic hydroxyl groups excluding tert-OH is 6. The minimum Gasteiger partial charge on any atom is -0.394 e. The first-order valence-corrected chi connectivity index (χ1v) is 19.5. The van der Waals surface area contributed by atoms with E-state index in [9.17, 15) is 35.4 Å². The fourth-order valence-corrected chi connectivity index (χ4v) is 6.16. The molecule has 8 atom stereocenters. The van der Waals surface area contributed by atoms with Crippen molar-refractivity contribution in [1.29, 1.82) is 0 Å². The molecule has 48 heavy (non-hydrogen) atoms. The van der Waals surface area contributed by atoms with E-state index >= 15 is 0 Å². The molecule has 1 saturated heterocycles. The molecule has 0 aromatic rings. The minimum absolute atomic E-state index is 0.302. The van der Waals surface area contributed by atoms with Crippen LogP contribution < -0.4 is 5.32 Å². The molecule has 0 radical (unpaired) electrons. The zero-order valence-corrected chi connectivity index (χ0v) is 30.4. The first-order valence-electron chi connectivity index (χ1n) is 19.5. The van der Waals surface area contributed by atoms with Crippen molar-refractivity contribution >= 4 is 5.91 Å². The second-order valence-electron chi connectivity index (χ2n) is 13.9. The summed E-state index contributed by atoms with van der Waals surface area (Å²) in [6, 6.07) is -0.971. The summed E-state index contributed by atoms with van der Waals surface area (Å²) in [5, 5.41) is 64.2. The number of carbonyl (C=O) groups excluding carboxylic acids is 1. The Morgan fingerprint density at radius 3 is 1.69 bits per heavy atom. The Hall–Kier alpha value is -1.11. The molecule has 1 fully saturated rings. The fraction of sp³-hybridized carbons (Fsp3) is 0.921. The average molecular weight is 688 g/mol. The highest BCUT2D eigenvalue weighted by atomic mass is 16.7. The van der Waals surface area contributed by atoms with Gasteiger partial charge in [-0.05, 0) is 19.3 Å². The number of hydrogen-bond acceptors (Lipinski definition) is 9. The summed E-state index contributed by atoms with van der Waals surface area (Å²) in [5.41, 5.74) is 0. The number of nitrogens with one attached hydrogen (secondary N) is 1. The highest BCUT2D eigenvalue weighted by Crippen LogP contribution is 2.22. The maximum absolute atomic E-state index is 12.9. The number of ether oxygens (including phenoxy) is 2. The molecule has 0 spiro atoms. The van der Waals surface area contributed by atoms with Crippen molar-refractivity contribution in [3.05, 3.63) is 12.2 Å². The molecule has 0 bridgehead atoms. The van der Waals surface area contributed by atoms with Crippen LogP contribution in [-0.4, -0.2) is 98.7 Å². The van der Waals surface area contributed by atoms with Crippen molar-refractivity contribution in [2.75, 3.05) is 13.2 Å². The van der Waals surface area contributed by atoms with Gasteiger partial charge in [-0.25, -0.2) is 0 Å². The molecule has 10 nitrogen and oxygen atoms in total. The van der Waals surface area contributed by atoms with Crippen molar-refractivity contribution in [3.8, 4) is 0 Å². The monoisotopic (exact) mass is 688 g/mol. The second kappa shape index (κ2) is 29.6. The highest BCUT2D eigenvalue weighted by Gasteiger charge is 2.44. The number of amides is 1. The summed E-state index contributed by atoms with van der Waals surface area (Å²) < 4.78 is 11.1. The quantitative estimate of drug-likeness (QED) is 0.0364. The van der Waals surface area contributed by atoms with Crippen LogP contribution in [0.15, 0.2) is 12.2 Å². The van der Waals surface area contributed by atoms with Gasteiger partial charge in [0, 0.05) is 0 Å². The predicted molar refractivity (Wildman–Crippen MR) is 190 cm³/mol. The second-order valence-corrected chi connectivity index (χ2v) is 13.9. The molecule has 1 amide bonds. The predicted octanol–water partition coefficient (Wildman–Crippen LogP) is 5.58. The lowest BCUT2D eigenvalue weighted by atomic mass is 9.99.